The summed E-state index contributed by atoms with van der Waals surface area (Å²) in [6.45, 7) is 3.76. The van der Waals surface area contributed by atoms with Crippen molar-refractivity contribution >= 4 is 39.9 Å². The Morgan fingerprint density at radius 3 is 2.82 bits per heavy atom. The number of halogens is 2. The van der Waals surface area contributed by atoms with Crippen molar-refractivity contribution in [1.82, 2.24) is 34.1 Å². The standard InChI is InChI=1S/C23H20ClFN8O/c1-11-7-33(10-27-11)12(2)18-21(25)20(24)19(14-5-28-31-22(14)18)15-8-32-9-16(29-17(32)6-26-15)30-23(34)13-3-4-13/h5-10,12-13H,3-4H2,1-2H3,(H,28,31)(H,30,34). The second kappa shape index (κ2) is 7.63. The predicted molar refractivity (Wildman–Crippen MR) is 125 cm³/mol. The minimum absolute atomic E-state index is 0.0281. The predicted octanol–water partition coefficient (Wildman–Crippen LogP) is 4.53. The molecule has 5 aromatic rings. The van der Waals surface area contributed by atoms with E-state index in [1.807, 2.05) is 24.6 Å². The molecule has 172 valence electrons. The van der Waals surface area contributed by atoms with Crippen molar-refractivity contribution in [3.05, 3.63) is 59.4 Å². The van der Waals surface area contributed by atoms with Gasteiger partial charge in [0.05, 0.1) is 52.9 Å². The molecule has 9 nitrogen and oxygen atoms in total. The van der Waals surface area contributed by atoms with Gasteiger partial charge in [-0.1, -0.05) is 11.6 Å². The number of carbonyl (C=O) groups excluding carboxylic acids is 1. The van der Waals surface area contributed by atoms with Gasteiger partial charge in [0.25, 0.3) is 0 Å². The third kappa shape index (κ3) is 3.33. The summed E-state index contributed by atoms with van der Waals surface area (Å²) in [6.07, 6.45) is 11.9. The van der Waals surface area contributed by atoms with Gasteiger partial charge in [0.15, 0.2) is 11.5 Å². The van der Waals surface area contributed by atoms with Crippen molar-refractivity contribution in [3.8, 4) is 11.3 Å². The lowest BCUT2D eigenvalue weighted by atomic mass is 9.98. The molecule has 1 unspecified atom stereocenters. The van der Waals surface area contributed by atoms with E-state index in [0.29, 0.717) is 39.2 Å². The average Bonchev–Trinajstić information content (AvgIpc) is 3.19. The third-order valence-electron chi connectivity index (χ3n) is 6.22. The topological polar surface area (TPSA) is 106 Å². The van der Waals surface area contributed by atoms with Crippen molar-refractivity contribution in [3.63, 3.8) is 0 Å². The molecular weight excluding hydrogens is 459 g/mol. The summed E-state index contributed by atoms with van der Waals surface area (Å²) in [5, 5.41) is 10.5. The summed E-state index contributed by atoms with van der Waals surface area (Å²) in [6, 6.07) is -0.363. The summed E-state index contributed by atoms with van der Waals surface area (Å²) < 4.78 is 19.3. The van der Waals surface area contributed by atoms with Crippen molar-refractivity contribution in [1.29, 1.82) is 0 Å². The largest absolute Gasteiger partial charge is 0.330 e. The summed E-state index contributed by atoms with van der Waals surface area (Å²) in [5.74, 6) is -0.0556. The van der Waals surface area contributed by atoms with E-state index < -0.39 is 5.82 Å². The van der Waals surface area contributed by atoms with E-state index in [0.717, 1.165) is 18.5 Å². The molecule has 1 saturated carbocycles. The lowest BCUT2D eigenvalue weighted by molar-refractivity contribution is -0.117. The first kappa shape index (κ1) is 20.8. The molecule has 6 rings (SSSR count). The van der Waals surface area contributed by atoms with Gasteiger partial charge in [0, 0.05) is 34.8 Å². The van der Waals surface area contributed by atoms with Gasteiger partial charge in [-0.3, -0.25) is 14.9 Å². The molecule has 0 spiro atoms. The third-order valence-corrected chi connectivity index (χ3v) is 6.57. The first-order valence-corrected chi connectivity index (χ1v) is 11.3. The van der Waals surface area contributed by atoms with Crippen LogP contribution < -0.4 is 5.32 Å². The highest BCUT2D eigenvalue weighted by Crippen LogP contribution is 2.41. The number of nitrogens with one attached hydrogen (secondary N) is 2. The Morgan fingerprint density at radius 2 is 2.09 bits per heavy atom. The Balaban J connectivity index is 1.45. The fourth-order valence-electron chi connectivity index (χ4n) is 4.24. The molecule has 1 amide bonds. The number of H-pyrrole nitrogens is 1. The van der Waals surface area contributed by atoms with Crippen molar-refractivity contribution < 1.29 is 9.18 Å². The molecule has 1 fully saturated rings. The number of fused-ring (bicyclic) bond motifs is 2. The molecule has 1 aliphatic carbocycles. The van der Waals surface area contributed by atoms with Crippen molar-refractivity contribution in [2.75, 3.05) is 5.32 Å². The Hall–Kier alpha value is -3.79. The minimum Gasteiger partial charge on any atom is -0.330 e. The number of aromatic nitrogens is 7. The zero-order valence-corrected chi connectivity index (χ0v) is 19.1. The molecule has 0 aliphatic heterocycles. The number of anilines is 1. The number of hydrogen-bond donors (Lipinski definition) is 2. The van der Waals surface area contributed by atoms with Gasteiger partial charge in [-0.05, 0) is 26.7 Å². The summed E-state index contributed by atoms with van der Waals surface area (Å²) >= 11 is 6.61. The van der Waals surface area contributed by atoms with Crippen LogP contribution >= 0.6 is 11.6 Å². The van der Waals surface area contributed by atoms with Crippen LogP contribution in [0.3, 0.4) is 0 Å². The fraction of sp³-hybridized carbons (Fsp3) is 0.261. The van der Waals surface area contributed by atoms with E-state index in [-0.39, 0.29) is 22.9 Å². The Bertz CT molecular complexity index is 1580. The summed E-state index contributed by atoms with van der Waals surface area (Å²) in [4.78, 5) is 25.2. The first-order valence-electron chi connectivity index (χ1n) is 10.9. The molecule has 1 aliphatic rings. The maximum absolute atomic E-state index is 15.7. The van der Waals surface area contributed by atoms with Crippen molar-refractivity contribution in [2.45, 2.75) is 32.7 Å². The normalized spacial score (nSPS) is 14.7. The van der Waals surface area contributed by atoms with Crippen LogP contribution in [0.25, 0.3) is 27.8 Å². The van der Waals surface area contributed by atoms with Crippen molar-refractivity contribution in [2.24, 2.45) is 5.92 Å². The van der Waals surface area contributed by atoms with Gasteiger partial charge in [-0.25, -0.2) is 14.4 Å². The number of hydrogen-bond acceptors (Lipinski definition) is 5. The highest BCUT2D eigenvalue weighted by atomic mass is 35.5. The lowest BCUT2D eigenvalue weighted by Crippen LogP contribution is -2.13. The molecule has 4 heterocycles. The summed E-state index contributed by atoms with van der Waals surface area (Å²) in [5.41, 5.74) is 3.21. The molecule has 2 N–H and O–H groups in total. The van der Waals surface area contributed by atoms with Gasteiger partial charge in [0.1, 0.15) is 5.82 Å². The number of imidazole rings is 2. The Kier molecular flexibility index (Phi) is 4.66. The second-order valence-electron chi connectivity index (χ2n) is 8.64. The van der Waals surface area contributed by atoms with Gasteiger partial charge in [-0.15, -0.1) is 0 Å². The smallest absolute Gasteiger partial charge is 0.228 e. The molecule has 0 radical (unpaired) electrons. The van der Waals surface area contributed by atoms with E-state index >= 15 is 4.39 Å². The van der Waals surface area contributed by atoms with E-state index in [1.165, 1.54) is 0 Å². The van der Waals surface area contributed by atoms with Crippen LogP contribution in [0.4, 0.5) is 10.2 Å². The van der Waals surface area contributed by atoms with E-state index in [4.69, 9.17) is 11.6 Å². The monoisotopic (exact) mass is 478 g/mol. The van der Waals surface area contributed by atoms with E-state index in [2.05, 4.69) is 30.5 Å². The number of benzene rings is 1. The van der Waals surface area contributed by atoms with Gasteiger partial charge < -0.3 is 14.3 Å². The van der Waals surface area contributed by atoms with Gasteiger partial charge in [0.2, 0.25) is 5.91 Å². The molecule has 0 bridgehead atoms. The fourth-order valence-corrected chi connectivity index (χ4v) is 4.54. The molecule has 0 saturated heterocycles. The first-order chi connectivity index (χ1) is 16.4. The van der Waals surface area contributed by atoms with Crippen LogP contribution in [0.5, 0.6) is 0 Å². The molecule has 11 heteroatoms. The van der Waals surface area contributed by atoms with Crippen LogP contribution in [-0.2, 0) is 4.79 Å². The minimum atomic E-state index is -0.544. The van der Waals surface area contributed by atoms with Crippen LogP contribution in [0, 0.1) is 18.7 Å². The number of aromatic amines is 1. The number of carbonyl (C=O) groups is 1. The second-order valence-corrected chi connectivity index (χ2v) is 9.02. The molecule has 4 aromatic heterocycles. The quantitative estimate of drug-likeness (QED) is 0.386. The number of nitrogens with zero attached hydrogens (tertiary/aromatic N) is 6. The summed E-state index contributed by atoms with van der Waals surface area (Å²) in [7, 11) is 0. The Morgan fingerprint density at radius 1 is 1.26 bits per heavy atom. The molecule has 34 heavy (non-hydrogen) atoms. The number of amides is 1. The molecular formula is C23H20ClFN8O. The lowest BCUT2D eigenvalue weighted by Gasteiger charge is -2.18. The van der Waals surface area contributed by atoms with Crippen LogP contribution in [0.2, 0.25) is 5.02 Å². The van der Waals surface area contributed by atoms with Crippen LogP contribution in [-0.4, -0.2) is 40.0 Å². The zero-order chi connectivity index (χ0) is 23.6. The maximum Gasteiger partial charge on any atom is 0.228 e. The zero-order valence-electron chi connectivity index (χ0n) is 18.4. The molecule has 1 aromatic carbocycles. The number of rotatable bonds is 5. The van der Waals surface area contributed by atoms with E-state index in [1.54, 1.807) is 35.5 Å². The Labute approximate surface area is 198 Å². The van der Waals surface area contributed by atoms with Crippen LogP contribution in [0.1, 0.15) is 37.1 Å². The van der Waals surface area contributed by atoms with E-state index in [9.17, 15) is 4.79 Å². The maximum atomic E-state index is 15.7. The van der Waals surface area contributed by atoms with Gasteiger partial charge in [-0.2, -0.15) is 5.10 Å². The van der Waals surface area contributed by atoms with Crippen LogP contribution in [0.15, 0.2) is 37.3 Å². The average molecular weight is 479 g/mol. The number of aryl methyl sites for hydroxylation is 1. The van der Waals surface area contributed by atoms with Gasteiger partial charge >= 0.3 is 0 Å². The highest BCUT2D eigenvalue weighted by Gasteiger charge is 2.30. The molecule has 1 atom stereocenters. The highest BCUT2D eigenvalue weighted by molar-refractivity contribution is 6.35. The SMILES string of the molecule is Cc1cn(C(C)c2c(F)c(Cl)c(-c3cn4cc(NC(=O)C5CC5)nc4cn3)c3cn[nH]c23)cn1.